The Morgan fingerprint density at radius 1 is 1.40 bits per heavy atom. The normalized spacial score (nSPS) is 16.2. The Morgan fingerprint density at radius 2 is 2.13 bits per heavy atom. The number of anilines is 1. The van der Waals surface area contributed by atoms with Crippen molar-refractivity contribution in [2.24, 2.45) is 0 Å². The van der Waals surface area contributed by atoms with E-state index in [9.17, 15) is 18.4 Å². The van der Waals surface area contributed by atoms with Crippen LogP contribution in [0.25, 0.3) is 0 Å². The topological polar surface area (TPSA) is 76.5 Å². The molecule has 0 aliphatic carbocycles. The van der Waals surface area contributed by atoms with Crippen molar-refractivity contribution in [3.63, 3.8) is 0 Å². The van der Waals surface area contributed by atoms with E-state index in [2.05, 4.69) is 10.3 Å². The Balaban J connectivity index is 1.91. The van der Waals surface area contributed by atoms with Gasteiger partial charge in [-0.25, -0.2) is 8.78 Å². The fourth-order valence-electron chi connectivity index (χ4n) is 3.40. The molecule has 0 spiro atoms. The number of rotatable bonds is 6. The fourth-order valence-corrected chi connectivity index (χ4v) is 3.59. The molecule has 2 heterocycles. The van der Waals surface area contributed by atoms with Gasteiger partial charge in [-0.15, -0.1) is 0 Å². The highest BCUT2D eigenvalue weighted by Crippen LogP contribution is 2.27. The van der Waals surface area contributed by atoms with Gasteiger partial charge in [0.2, 0.25) is 17.7 Å². The second-order valence-corrected chi connectivity index (χ2v) is 7.83. The molecule has 1 amide bonds. The summed E-state index contributed by atoms with van der Waals surface area (Å²) >= 11 is 6.20. The zero-order valence-corrected chi connectivity index (χ0v) is 17.7. The van der Waals surface area contributed by atoms with Crippen molar-refractivity contribution < 1.29 is 18.3 Å². The van der Waals surface area contributed by atoms with Crippen LogP contribution in [0.2, 0.25) is 5.02 Å². The lowest BCUT2D eigenvalue weighted by molar-refractivity contribution is -0.119. The van der Waals surface area contributed by atoms with Gasteiger partial charge in [0.05, 0.1) is 0 Å². The van der Waals surface area contributed by atoms with Crippen molar-refractivity contribution in [3.05, 3.63) is 50.8 Å². The summed E-state index contributed by atoms with van der Waals surface area (Å²) in [5, 5.41) is 2.65. The number of hydrogen-bond donors (Lipinski definition) is 1. The number of carbonyl (C=O) groups excluding carboxylic acids is 1. The maximum Gasteiger partial charge on any atom is 0.277 e. The Bertz CT molecular complexity index is 1010. The molecule has 1 aliphatic rings. The number of ether oxygens (including phenoxy) is 1. The summed E-state index contributed by atoms with van der Waals surface area (Å²) in [5.41, 5.74) is -0.370. The van der Waals surface area contributed by atoms with E-state index in [0.29, 0.717) is 25.5 Å². The molecule has 1 aromatic heterocycles. The average molecular weight is 441 g/mol. The molecule has 30 heavy (non-hydrogen) atoms. The molecule has 0 saturated carbocycles. The van der Waals surface area contributed by atoms with Crippen LogP contribution in [-0.4, -0.2) is 34.6 Å². The number of hydrogen-bond acceptors (Lipinski definition) is 5. The minimum Gasteiger partial charge on any atom is -0.471 e. The van der Waals surface area contributed by atoms with Crippen LogP contribution in [0, 0.1) is 11.6 Å². The number of benzene rings is 1. The summed E-state index contributed by atoms with van der Waals surface area (Å²) in [7, 11) is 0. The average Bonchev–Trinajstić information content (AvgIpc) is 3.11. The maximum absolute atomic E-state index is 13.9. The van der Waals surface area contributed by atoms with Gasteiger partial charge in [0, 0.05) is 43.7 Å². The predicted octanol–water partition coefficient (Wildman–Crippen LogP) is 3.05. The number of nitrogens with zero attached hydrogens (tertiary/aromatic N) is 3. The lowest BCUT2D eigenvalue weighted by atomic mass is 10.2. The van der Waals surface area contributed by atoms with Gasteiger partial charge in [-0.05, 0) is 32.4 Å². The third-order valence-electron chi connectivity index (χ3n) is 4.79. The first-order chi connectivity index (χ1) is 14.2. The van der Waals surface area contributed by atoms with E-state index in [4.69, 9.17) is 16.3 Å². The predicted molar refractivity (Wildman–Crippen MR) is 109 cm³/mol. The zero-order valence-electron chi connectivity index (χ0n) is 16.9. The first-order valence-electron chi connectivity index (χ1n) is 9.58. The van der Waals surface area contributed by atoms with Gasteiger partial charge in [0.25, 0.3) is 5.56 Å². The fraction of sp³-hybridized carbons (Fsp3) is 0.450. The Hall–Kier alpha value is -2.68. The number of halogens is 3. The van der Waals surface area contributed by atoms with Gasteiger partial charge in [-0.2, -0.15) is 4.98 Å². The maximum atomic E-state index is 13.9. The minimum atomic E-state index is -0.764. The second kappa shape index (κ2) is 8.99. The Kier molecular flexibility index (Phi) is 6.60. The third kappa shape index (κ3) is 4.72. The molecular formula is C20H23ClF2N4O3. The van der Waals surface area contributed by atoms with Crippen LogP contribution in [-0.2, 0) is 11.4 Å². The zero-order chi connectivity index (χ0) is 22.0. The molecule has 162 valence electrons. The first kappa shape index (κ1) is 22.0. The highest BCUT2D eigenvalue weighted by atomic mass is 35.5. The monoisotopic (exact) mass is 440 g/mol. The van der Waals surface area contributed by atoms with Gasteiger partial charge < -0.3 is 15.0 Å². The van der Waals surface area contributed by atoms with Gasteiger partial charge in [-0.3, -0.25) is 14.2 Å². The van der Waals surface area contributed by atoms with Crippen molar-refractivity contribution in [1.82, 2.24) is 14.9 Å². The number of amides is 1. The molecule has 1 fully saturated rings. The van der Waals surface area contributed by atoms with Crippen LogP contribution < -0.4 is 20.5 Å². The molecule has 2 aromatic rings. The van der Waals surface area contributed by atoms with E-state index in [1.807, 2.05) is 18.7 Å². The van der Waals surface area contributed by atoms with Crippen molar-refractivity contribution in [2.45, 2.75) is 45.9 Å². The van der Waals surface area contributed by atoms with Gasteiger partial charge in [0.1, 0.15) is 18.2 Å². The van der Waals surface area contributed by atoms with Crippen molar-refractivity contribution in [2.75, 3.05) is 18.0 Å². The molecule has 1 atom stereocenters. The van der Waals surface area contributed by atoms with E-state index in [1.165, 1.54) is 17.6 Å². The first-order valence-corrected chi connectivity index (χ1v) is 9.96. The van der Waals surface area contributed by atoms with Gasteiger partial charge in [0.15, 0.2) is 5.02 Å². The van der Waals surface area contributed by atoms with Gasteiger partial charge in [-0.1, -0.05) is 11.6 Å². The van der Waals surface area contributed by atoms with Crippen LogP contribution in [0.1, 0.15) is 38.8 Å². The van der Waals surface area contributed by atoms with E-state index < -0.39 is 17.2 Å². The Labute approximate surface area is 177 Å². The molecule has 10 heteroatoms. The summed E-state index contributed by atoms with van der Waals surface area (Å²) in [6.07, 6.45) is 0.702. The highest BCUT2D eigenvalue weighted by Gasteiger charge is 2.29. The molecule has 7 nitrogen and oxygen atoms in total. The molecule has 1 aromatic carbocycles. The number of carbonyl (C=O) groups is 1. The molecule has 0 unspecified atom stereocenters. The van der Waals surface area contributed by atoms with Crippen molar-refractivity contribution in [1.29, 1.82) is 0 Å². The number of aromatic nitrogens is 2. The second-order valence-electron chi connectivity index (χ2n) is 7.46. The van der Waals surface area contributed by atoms with Crippen LogP contribution >= 0.6 is 11.6 Å². The lowest BCUT2D eigenvalue weighted by Crippen LogP contribution is -2.38. The molecule has 1 aliphatic heterocycles. The minimum absolute atomic E-state index is 0.0617. The van der Waals surface area contributed by atoms with E-state index in [-0.39, 0.29) is 41.1 Å². The van der Waals surface area contributed by atoms with E-state index in [1.54, 1.807) is 0 Å². The number of nitrogens with one attached hydrogen (secondary N) is 1. The quantitative estimate of drug-likeness (QED) is 0.747. The lowest BCUT2D eigenvalue weighted by Gasteiger charge is -2.25. The highest BCUT2D eigenvalue weighted by molar-refractivity contribution is 6.31. The smallest absolute Gasteiger partial charge is 0.277 e. The standard InChI is InChI=1S/C20H23ClF2N4O3/c1-11(2)27-19(29)17(21)18(30-10-13-4-5-14(22)8-16(13)23)25-20(27)26-7-6-15(9-26)24-12(3)28/h4-5,8,11,15H,6-7,9-10H2,1-3H3,(H,24,28)/t15-/m1/s1. The summed E-state index contributed by atoms with van der Waals surface area (Å²) < 4.78 is 34.0. The molecule has 1 saturated heterocycles. The van der Waals surface area contributed by atoms with Gasteiger partial charge >= 0.3 is 0 Å². The molecule has 1 N–H and O–H groups in total. The van der Waals surface area contributed by atoms with Crippen LogP contribution in [0.15, 0.2) is 23.0 Å². The summed E-state index contributed by atoms with van der Waals surface area (Å²) in [4.78, 5) is 30.5. The third-order valence-corrected chi connectivity index (χ3v) is 5.11. The Morgan fingerprint density at radius 3 is 2.77 bits per heavy atom. The van der Waals surface area contributed by atoms with Crippen LogP contribution in [0.4, 0.5) is 14.7 Å². The molecule has 0 radical (unpaired) electrons. The summed E-state index contributed by atoms with van der Waals surface area (Å²) in [6.45, 7) is 5.91. The summed E-state index contributed by atoms with van der Waals surface area (Å²) in [6, 6.07) is 2.84. The largest absolute Gasteiger partial charge is 0.471 e. The molecule has 3 rings (SSSR count). The summed E-state index contributed by atoms with van der Waals surface area (Å²) in [5.74, 6) is -1.35. The van der Waals surface area contributed by atoms with E-state index >= 15 is 0 Å². The van der Waals surface area contributed by atoms with Crippen LogP contribution in [0.3, 0.4) is 0 Å². The van der Waals surface area contributed by atoms with Crippen LogP contribution in [0.5, 0.6) is 5.88 Å². The van der Waals surface area contributed by atoms with Crippen molar-refractivity contribution >= 4 is 23.5 Å². The van der Waals surface area contributed by atoms with Crippen molar-refractivity contribution in [3.8, 4) is 5.88 Å². The molecule has 0 bridgehead atoms. The SMILES string of the molecule is CC(=O)N[C@@H]1CCN(c2nc(OCc3ccc(F)cc3F)c(Cl)c(=O)n2C(C)C)C1. The molecular weight excluding hydrogens is 418 g/mol. The van der Waals surface area contributed by atoms with E-state index in [0.717, 1.165) is 12.1 Å².